The molecule has 0 radical (unpaired) electrons. The van der Waals surface area contributed by atoms with E-state index in [0.717, 1.165) is 12.1 Å². The van der Waals surface area contributed by atoms with E-state index >= 15 is 0 Å². The van der Waals surface area contributed by atoms with Gasteiger partial charge in [0.2, 0.25) is 5.91 Å². The highest BCUT2D eigenvalue weighted by atomic mass is 19.4. The number of hydrogen-bond acceptors (Lipinski definition) is 2. The van der Waals surface area contributed by atoms with Gasteiger partial charge in [-0.2, -0.15) is 13.2 Å². The van der Waals surface area contributed by atoms with Crippen molar-refractivity contribution < 1.29 is 27.2 Å². The number of fused-ring (bicyclic) bond motifs is 1. The molecule has 2 amide bonds. The van der Waals surface area contributed by atoms with Crippen LogP contribution in [0.1, 0.15) is 28.5 Å². The predicted octanol–water partition coefficient (Wildman–Crippen LogP) is 6.06. The van der Waals surface area contributed by atoms with Crippen molar-refractivity contribution in [1.82, 2.24) is 4.57 Å². The molecule has 34 heavy (non-hydrogen) atoms. The van der Waals surface area contributed by atoms with Gasteiger partial charge >= 0.3 is 6.18 Å². The van der Waals surface area contributed by atoms with Crippen LogP contribution in [0.3, 0.4) is 0 Å². The van der Waals surface area contributed by atoms with Gasteiger partial charge in [0.1, 0.15) is 11.5 Å². The SMILES string of the molecule is CC(=O)Nc1ccc2c(c1)cc(C(=O)Nc1ccc(C(F)(F)F)cc1)n2Cc1cccc(F)c1. The fourth-order valence-corrected chi connectivity index (χ4v) is 3.67. The molecule has 0 atom stereocenters. The Labute approximate surface area is 192 Å². The maximum absolute atomic E-state index is 13.7. The van der Waals surface area contributed by atoms with Gasteiger partial charge in [-0.25, -0.2) is 4.39 Å². The lowest BCUT2D eigenvalue weighted by Gasteiger charge is -2.13. The Bertz CT molecular complexity index is 1380. The number of halogens is 4. The van der Waals surface area contributed by atoms with Crippen molar-refractivity contribution in [1.29, 1.82) is 0 Å². The molecule has 0 spiro atoms. The first-order chi connectivity index (χ1) is 16.1. The van der Waals surface area contributed by atoms with Gasteiger partial charge in [-0.15, -0.1) is 0 Å². The van der Waals surface area contributed by atoms with E-state index < -0.39 is 23.5 Å². The van der Waals surface area contributed by atoms with E-state index in [1.165, 1.54) is 31.2 Å². The summed E-state index contributed by atoms with van der Waals surface area (Å²) in [6, 6.07) is 16.8. The van der Waals surface area contributed by atoms with Crippen molar-refractivity contribution in [3.8, 4) is 0 Å². The van der Waals surface area contributed by atoms with Crippen LogP contribution < -0.4 is 10.6 Å². The van der Waals surface area contributed by atoms with Crippen LogP contribution in [0.4, 0.5) is 28.9 Å². The third-order valence-corrected chi connectivity index (χ3v) is 5.15. The monoisotopic (exact) mass is 469 g/mol. The Balaban J connectivity index is 1.71. The Morgan fingerprint density at radius 1 is 0.882 bits per heavy atom. The van der Waals surface area contributed by atoms with Crippen molar-refractivity contribution in [2.45, 2.75) is 19.6 Å². The molecule has 174 valence electrons. The zero-order valence-electron chi connectivity index (χ0n) is 17.9. The van der Waals surface area contributed by atoms with E-state index in [9.17, 15) is 27.2 Å². The summed E-state index contributed by atoms with van der Waals surface area (Å²) in [5.74, 6) is -1.22. The highest BCUT2D eigenvalue weighted by Crippen LogP contribution is 2.30. The normalized spacial score (nSPS) is 11.4. The molecular formula is C25H19F4N3O2. The molecule has 9 heteroatoms. The molecule has 5 nitrogen and oxygen atoms in total. The molecule has 4 aromatic rings. The summed E-state index contributed by atoms with van der Waals surface area (Å²) in [7, 11) is 0. The number of rotatable bonds is 5. The molecular weight excluding hydrogens is 450 g/mol. The Morgan fingerprint density at radius 3 is 2.24 bits per heavy atom. The van der Waals surface area contributed by atoms with E-state index in [1.807, 2.05) is 0 Å². The van der Waals surface area contributed by atoms with Gasteiger partial charge in [0.15, 0.2) is 0 Å². The van der Waals surface area contributed by atoms with Crippen LogP contribution in [0.2, 0.25) is 0 Å². The standard InChI is InChI=1S/C25H19F4N3O2/c1-15(33)30-21-9-10-22-17(12-21)13-23(32(22)14-16-3-2-4-19(26)11-16)24(34)31-20-7-5-18(6-8-20)25(27,28)29/h2-13H,14H2,1H3,(H,30,33)(H,31,34). The summed E-state index contributed by atoms with van der Waals surface area (Å²) in [6.45, 7) is 1.55. The maximum atomic E-state index is 13.7. The lowest BCUT2D eigenvalue weighted by molar-refractivity contribution is -0.137. The summed E-state index contributed by atoms with van der Waals surface area (Å²) in [5.41, 5.74) is 1.41. The second kappa shape index (κ2) is 9.01. The summed E-state index contributed by atoms with van der Waals surface area (Å²) in [4.78, 5) is 24.5. The fraction of sp³-hybridized carbons (Fsp3) is 0.120. The Hall–Kier alpha value is -4.14. The van der Waals surface area contributed by atoms with Crippen molar-refractivity contribution in [2.75, 3.05) is 10.6 Å². The first kappa shape index (κ1) is 23.0. The minimum absolute atomic E-state index is 0.177. The van der Waals surface area contributed by atoms with Crippen molar-refractivity contribution in [2.24, 2.45) is 0 Å². The Morgan fingerprint density at radius 2 is 1.59 bits per heavy atom. The molecule has 1 aromatic heterocycles. The van der Waals surface area contributed by atoms with Gasteiger partial charge in [0.05, 0.1) is 5.56 Å². The largest absolute Gasteiger partial charge is 0.416 e. The van der Waals surface area contributed by atoms with Gasteiger partial charge in [0.25, 0.3) is 5.91 Å². The molecule has 0 bridgehead atoms. The van der Waals surface area contributed by atoms with Crippen LogP contribution in [0, 0.1) is 5.82 Å². The molecule has 0 saturated heterocycles. The van der Waals surface area contributed by atoms with Crippen molar-refractivity contribution in [3.63, 3.8) is 0 Å². The number of nitrogens with zero attached hydrogens (tertiary/aromatic N) is 1. The number of carbonyl (C=O) groups excluding carboxylic acids is 2. The molecule has 0 fully saturated rings. The van der Waals surface area contributed by atoms with Crippen molar-refractivity contribution >= 4 is 34.1 Å². The van der Waals surface area contributed by atoms with Crippen LogP contribution in [-0.2, 0) is 17.5 Å². The molecule has 4 rings (SSSR count). The summed E-state index contributed by atoms with van der Waals surface area (Å²) < 4.78 is 53.9. The van der Waals surface area contributed by atoms with Gasteiger partial charge in [-0.3, -0.25) is 9.59 Å². The first-order valence-electron chi connectivity index (χ1n) is 10.2. The smallest absolute Gasteiger partial charge is 0.332 e. The number of alkyl halides is 3. The average Bonchev–Trinajstić information content (AvgIpc) is 3.11. The van der Waals surface area contributed by atoms with Gasteiger partial charge in [-0.05, 0) is 66.2 Å². The molecule has 0 aliphatic carbocycles. The van der Waals surface area contributed by atoms with Crippen LogP contribution in [0.25, 0.3) is 10.9 Å². The molecule has 2 N–H and O–H groups in total. The molecule has 0 saturated carbocycles. The fourth-order valence-electron chi connectivity index (χ4n) is 3.67. The second-order valence-electron chi connectivity index (χ2n) is 7.73. The van der Waals surface area contributed by atoms with Crippen LogP contribution in [-0.4, -0.2) is 16.4 Å². The minimum Gasteiger partial charge on any atom is -0.332 e. The first-order valence-corrected chi connectivity index (χ1v) is 10.2. The quantitative estimate of drug-likeness (QED) is 0.349. The summed E-state index contributed by atoms with van der Waals surface area (Å²) in [6.07, 6.45) is -4.48. The Kier molecular flexibility index (Phi) is 6.10. The number of aromatic nitrogens is 1. The zero-order chi connectivity index (χ0) is 24.5. The van der Waals surface area contributed by atoms with Gasteiger partial charge in [-0.1, -0.05) is 12.1 Å². The van der Waals surface area contributed by atoms with Crippen LogP contribution in [0.5, 0.6) is 0 Å². The van der Waals surface area contributed by atoms with Gasteiger partial charge < -0.3 is 15.2 Å². The van der Waals surface area contributed by atoms with Crippen molar-refractivity contribution in [3.05, 3.63) is 95.4 Å². The highest BCUT2D eigenvalue weighted by Gasteiger charge is 2.30. The lowest BCUT2D eigenvalue weighted by atomic mass is 10.2. The summed E-state index contributed by atoms with van der Waals surface area (Å²) in [5, 5.41) is 5.94. The number of benzene rings is 3. The van der Waals surface area contributed by atoms with E-state index in [-0.39, 0.29) is 23.8 Å². The average molecular weight is 469 g/mol. The molecule has 0 aliphatic heterocycles. The minimum atomic E-state index is -4.48. The van der Waals surface area contributed by atoms with Crippen LogP contribution >= 0.6 is 0 Å². The molecule has 0 unspecified atom stereocenters. The van der Waals surface area contributed by atoms with E-state index in [1.54, 1.807) is 41.0 Å². The summed E-state index contributed by atoms with van der Waals surface area (Å²) >= 11 is 0. The molecule has 3 aromatic carbocycles. The van der Waals surface area contributed by atoms with Crippen LogP contribution in [0.15, 0.2) is 72.8 Å². The number of nitrogens with one attached hydrogen (secondary N) is 2. The lowest BCUT2D eigenvalue weighted by Crippen LogP contribution is -2.17. The number of carbonyl (C=O) groups is 2. The topological polar surface area (TPSA) is 63.1 Å². The molecule has 0 aliphatic rings. The predicted molar refractivity (Wildman–Crippen MR) is 121 cm³/mol. The third-order valence-electron chi connectivity index (χ3n) is 5.15. The van der Waals surface area contributed by atoms with Gasteiger partial charge in [0, 0.05) is 35.7 Å². The number of hydrogen-bond donors (Lipinski definition) is 2. The van der Waals surface area contributed by atoms with E-state index in [4.69, 9.17) is 0 Å². The highest BCUT2D eigenvalue weighted by molar-refractivity contribution is 6.07. The van der Waals surface area contributed by atoms with E-state index in [0.29, 0.717) is 22.2 Å². The van der Waals surface area contributed by atoms with E-state index in [2.05, 4.69) is 10.6 Å². The second-order valence-corrected chi connectivity index (χ2v) is 7.73. The molecule has 1 heterocycles. The number of anilines is 2. The number of amides is 2. The zero-order valence-corrected chi connectivity index (χ0v) is 17.9. The maximum Gasteiger partial charge on any atom is 0.416 e. The third kappa shape index (κ3) is 5.09.